The highest BCUT2D eigenvalue weighted by Gasteiger charge is 2.25. The molecule has 0 aliphatic carbocycles. The van der Waals surface area contributed by atoms with Gasteiger partial charge in [0.25, 0.3) is 17.7 Å². The average molecular weight is 576 g/mol. The minimum absolute atomic E-state index is 0.0147. The number of nitrogens with one attached hydrogen (secondary N) is 2. The number of aliphatic carboxylic acids is 1. The standard InChI is InChI=1S/C34H29N3O6/c38-31(39)21-30(28-22-35-29-17-8-7-16-27(28)29)36-32(40)25-14-9-15-26(20-25)43-19-18-37(33(41)23-10-3-1-4-11-23)34(42)24-12-5-2-6-13-24/h1-17,20,22,30,35H,18-19,21H2,(H,36,40)(H,38,39). The molecule has 3 amide bonds. The average Bonchev–Trinajstić information content (AvgIpc) is 3.47. The van der Waals surface area contributed by atoms with E-state index < -0.39 is 29.7 Å². The van der Waals surface area contributed by atoms with Crippen molar-refractivity contribution in [1.29, 1.82) is 0 Å². The zero-order valence-corrected chi connectivity index (χ0v) is 23.1. The number of fused-ring (bicyclic) bond motifs is 1. The monoisotopic (exact) mass is 575 g/mol. The Labute approximate surface area is 247 Å². The molecule has 0 saturated carbocycles. The van der Waals surface area contributed by atoms with E-state index in [1.807, 2.05) is 24.3 Å². The van der Waals surface area contributed by atoms with Crippen LogP contribution >= 0.6 is 0 Å². The number of aromatic amines is 1. The van der Waals surface area contributed by atoms with Crippen LogP contribution in [0.25, 0.3) is 10.9 Å². The van der Waals surface area contributed by atoms with E-state index >= 15 is 0 Å². The van der Waals surface area contributed by atoms with Gasteiger partial charge < -0.3 is 20.1 Å². The van der Waals surface area contributed by atoms with Crippen molar-refractivity contribution in [1.82, 2.24) is 15.2 Å². The molecular weight excluding hydrogens is 546 g/mol. The number of benzene rings is 4. The largest absolute Gasteiger partial charge is 0.492 e. The molecule has 0 saturated heterocycles. The van der Waals surface area contributed by atoms with Gasteiger partial charge >= 0.3 is 5.97 Å². The van der Waals surface area contributed by atoms with E-state index in [0.717, 1.165) is 15.8 Å². The molecule has 43 heavy (non-hydrogen) atoms. The van der Waals surface area contributed by atoms with Gasteiger partial charge in [0, 0.05) is 39.4 Å². The molecule has 1 unspecified atom stereocenters. The summed E-state index contributed by atoms with van der Waals surface area (Å²) in [7, 11) is 0. The van der Waals surface area contributed by atoms with Crippen LogP contribution < -0.4 is 10.1 Å². The second kappa shape index (κ2) is 13.3. The van der Waals surface area contributed by atoms with Crippen molar-refractivity contribution in [2.75, 3.05) is 13.2 Å². The fourth-order valence-corrected chi connectivity index (χ4v) is 4.79. The number of carboxylic acids is 1. The van der Waals surface area contributed by atoms with Crippen molar-refractivity contribution in [2.45, 2.75) is 12.5 Å². The van der Waals surface area contributed by atoms with Gasteiger partial charge in [0.15, 0.2) is 0 Å². The molecule has 9 heteroatoms. The maximum atomic E-state index is 13.3. The fraction of sp³-hybridized carbons (Fsp3) is 0.118. The van der Waals surface area contributed by atoms with Crippen LogP contribution in [0.4, 0.5) is 0 Å². The number of hydrogen-bond acceptors (Lipinski definition) is 5. The Bertz CT molecular complexity index is 1700. The fourth-order valence-electron chi connectivity index (χ4n) is 4.79. The highest BCUT2D eigenvalue weighted by molar-refractivity contribution is 6.10. The molecule has 9 nitrogen and oxygen atoms in total. The van der Waals surface area contributed by atoms with Crippen molar-refractivity contribution < 1.29 is 29.0 Å². The van der Waals surface area contributed by atoms with Crippen molar-refractivity contribution in [3.63, 3.8) is 0 Å². The summed E-state index contributed by atoms with van der Waals surface area (Å²) in [4.78, 5) is 55.6. The molecule has 1 heterocycles. The smallest absolute Gasteiger partial charge is 0.305 e. The van der Waals surface area contributed by atoms with E-state index in [1.165, 1.54) is 6.07 Å². The lowest BCUT2D eigenvalue weighted by Gasteiger charge is -2.21. The minimum atomic E-state index is -1.05. The number of amides is 3. The van der Waals surface area contributed by atoms with E-state index in [9.17, 15) is 24.3 Å². The number of carbonyl (C=O) groups is 4. The first-order valence-corrected chi connectivity index (χ1v) is 13.7. The number of H-pyrrole nitrogens is 1. The van der Waals surface area contributed by atoms with Crippen molar-refractivity contribution in [3.05, 3.63) is 138 Å². The van der Waals surface area contributed by atoms with Crippen molar-refractivity contribution in [2.24, 2.45) is 0 Å². The Hall–Kier alpha value is -5.70. The summed E-state index contributed by atoms with van der Waals surface area (Å²) in [6.07, 6.45) is 1.40. The summed E-state index contributed by atoms with van der Waals surface area (Å²) < 4.78 is 5.87. The Kier molecular flexibility index (Phi) is 8.92. The predicted octanol–water partition coefficient (Wildman–Crippen LogP) is 5.48. The Balaban J connectivity index is 1.29. The highest BCUT2D eigenvalue weighted by Crippen LogP contribution is 2.27. The molecule has 3 N–H and O–H groups in total. The van der Waals surface area contributed by atoms with Gasteiger partial charge in [0.1, 0.15) is 12.4 Å². The number of nitrogens with zero attached hydrogens (tertiary/aromatic N) is 1. The number of para-hydroxylation sites is 1. The van der Waals surface area contributed by atoms with E-state index in [1.54, 1.807) is 85.1 Å². The minimum Gasteiger partial charge on any atom is -0.492 e. The quantitative estimate of drug-likeness (QED) is 0.179. The lowest BCUT2D eigenvalue weighted by atomic mass is 10.0. The normalized spacial score (nSPS) is 11.4. The molecule has 1 atom stereocenters. The number of carboxylic acid groups (broad SMARTS) is 1. The third-order valence-corrected chi connectivity index (χ3v) is 6.89. The molecule has 0 aliphatic heterocycles. The zero-order chi connectivity index (χ0) is 30.2. The third kappa shape index (κ3) is 6.97. The summed E-state index contributed by atoms with van der Waals surface area (Å²) in [6, 6.07) is 30.2. The summed E-state index contributed by atoms with van der Waals surface area (Å²) in [5.41, 5.74) is 2.52. The lowest BCUT2D eigenvalue weighted by Crippen LogP contribution is -2.39. The van der Waals surface area contributed by atoms with Gasteiger partial charge in [0.2, 0.25) is 0 Å². The predicted molar refractivity (Wildman–Crippen MR) is 161 cm³/mol. The molecular formula is C34H29N3O6. The van der Waals surface area contributed by atoms with Gasteiger partial charge in [-0.2, -0.15) is 0 Å². The topological polar surface area (TPSA) is 129 Å². The Morgan fingerprint density at radius 2 is 1.37 bits per heavy atom. The third-order valence-electron chi connectivity index (χ3n) is 6.89. The first kappa shape index (κ1) is 28.8. The van der Waals surface area contributed by atoms with Crippen molar-refractivity contribution >= 4 is 34.6 Å². The first-order chi connectivity index (χ1) is 20.9. The first-order valence-electron chi connectivity index (χ1n) is 13.7. The van der Waals surface area contributed by atoms with Gasteiger partial charge in [-0.05, 0) is 48.5 Å². The summed E-state index contributed by atoms with van der Waals surface area (Å²) in [6.45, 7) is -0.0433. The number of aromatic nitrogens is 1. The lowest BCUT2D eigenvalue weighted by molar-refractivity contribution is -0.137. The number of hydrogen-bond donors (Lipinski definition) is 3. The zero-order valence-electron chi connectivity index (χ0n) is 23.1. The van der Waals surface area contributed by atoms with Crippen LogP contribution in [0.2, 0.25) is 0 Å². The van der Waals surface area contributed by atoms with Gasteiger partial charge in [-0.3, -0.25) is 24.1 Å². The summed E-state index contributed by atoms with van der Waals surface area (Å²) in [5, 5.41) is 13.2. The molecule has 0 bridgehead atoms. The maximum absolute atomic E-state index is 13.3. The van der Waals surface area contributed by atoms with E-state index in [-0.39, 0.29) is 25.1 Å². The number of carbonyl (C=O) groups excluding carboxylic acids is 3. The Morgan fingerprint density at radius 1 is 0.767 bits per heavy atom. The van der Waals surface area contributed by atoms with Gasteiger partial charge in [-0.25, -0.2) is 0 Å². The summed E-state index contributed by atoms with van der Waals surface area (Å²) in [5.74, 6) is -2.07. The molecule has 0 spiro atoms. The van der Waals surface area contributed by atoms with Gasteiger partial charge in [0.05, 0.1) is 19.0 Å². The second-order valence-electron chi connectivity index (χ2n) is 9.78. The van der Waals surface area contributed by atoms with Gasteiger partial charge in [-0.15, -0.1) is 0 Å². The van der Waals surface area contributed by atoms with Gasteiger partial charge in [-0.1, -0.05) is 60.7 Å². The molecule has 1 aromatic heterocycles. The molecule has 5 rings (SSSR count). The number of ether oxygens (including phenoxy) is 1. The number of rotatable bonds is 11. The molecule has 0 radical (unpaired) electrons. The summed E-state index contributed by atoms with van der Waals surface area (Å²) >= 11 is 0. The number of imide groups is 1. The van der Waals surface area contributed by atoms with Crippen LogP contribution in [0.5, 0.6) is 5.75 Å². The molecule has 0 aliphatic rings. The highest BCUT2D eigenvalue weighted by atomic mass is 16.5. The van der Waals surface area contributed by atoms with Crippen LogP contribution in [-0.4, -0.2) is 51.8 Å². The molecule has 216 valence electrons. The van der Waals surface area contributed by atoms with Crippen LogP contribution in [-0.2, 0) is 4.79 Å². The second-order valence-corrected chi connectivity index (χ2v) is 9.78. The van der Waals surface area contributed by atoms with Crippen LogP contribution in [0, 0.1) is 0 Å². The molecule has 4 aromatic carbocycles. The molecule has 0 fully saturated rings. The SMILES string of the molecule is O=C(O)CC(NC(=O)c1cccc(OCCN(C(=O)c2ccccc2)C(=O)c2ccccc2)c1)c1c[nH]c2ccccc12. The van der Waals surface area contributed by atoms with E-state index in [4.69, 9.17) is 4.74 Å². The maximum Gasteiger partial charge on any atom is 0.305 e. The van der Waals surface area contributed by atoms with Crippen LogP contribution in [0.1, 0.15) is 49.1 Å². The van der Waals surface area contributed by atoms with Crippen LogP contribution in [0.15, 0.2) is 115 Å². The van der Waals surface area contributed by atoms with E-state index in [2.05, 4.69) is 10.3 Å². The van der Waals surface area contributed by atoms with Crippen molar-refractivity contribution in [3.8, 4) is 5.75 Å². The Morgan fingerprint density at radius 3 is 2.02 bits per heavy atom. The molecule has 5 aromatic rings. The van der Waals surface area contributed by atoms with Crippen LogP contribution in [0.3, 0.4) is 0 Å². The van der Waals surface area contributed by atoms with E-state index in [0.29, 0.717) is 22.4 Å².